The monoisotopic (exact) mass is 212 g/mol. The van der Waals surface area contributed by atoms with Crippen molar-refractivity contribution < 1.29 is 9.53 Å². The molecule has 2 aliphatic rings. The minimum Gasteiger partial charge on any atom is -0.378 e. The number of rotatable bonds is 3. The molecule has 1 heterocycles. The SMILES string of the molecule is CCCC1CC1NC(=O)N1CCOCC1. The molecule has 0 aromatic carbocycles. The highest BCUT2D eigenvalue weighted by Crippen LogP contribution is 2.34. The third-order valence-electron chi connectivity index (χ3n) is 3.19. The maximum atomic E-state index is 11.8. The highest BCUT2D eigenvalue weighted by atomic mass is 16.5. The Morgan fingerprint density at radius 3 is 2.87 bits per heavy atom. The molecule has 2 fully saturated rings. The summed E-state index contributed by atoms with van der Waals surface area (Å²) in [5, 5.41) is 3.09. The molecular weight excluding hydrogens is 192 g/mol. The van der Waals surface area contributed by atoms with Gasteiger partial charge in [0.2, 0.25) is 0 Å². The van der Waals surface area contributed by atoms with Crippen LogP contribution in [0.3, 0.4) is 0 Å². The molecule has 4 heteroatoms. The summed E-state index contributed by atoms with van der Waals surface area (Å²) < 4.78 is 5.21. The van der Waals surface area contributed by atoms with Crippen LogP contribution in [0.4, 0.5) is 4.79 Å². The van der Waals surface area contributed by atoms with E-state index in [9.17, 15) is 4.79 Å². The van der Waals surface area contributed by atoms with E-state index in [0.717, 1.165) is 19.0 Å². The van der Waals surface area contributed by atoms with Gasteiger partial charge in [-0.2, -0.15) is 0 Å². The molecule has 2 unspecified atom stereocenters. The summed E-state index contributed by atoms with van der Waals surface area (Å²) in [6.45, 7) is 5.01. The molecule has 2 rings (SSSR count). The molecule has 2 atom stereocenters. The molecule has 0 bridgehead atoms. The van der Waals surface area contributed by atoms with E-state index < -0.39 is 0 Å². The van der Waals surface area contributed by atoms with Gasteiger partial charge in [0.05, 0.1) is 13.2 Å². The zero-order chi connectivity index (χ0) is 10.7. The lowest BCUT2D eigenvalue weighted by Gasteiger charge is -2.27. The molecule has 1 saturated carbocycles. The molecule has 1 saturated heterocycles. The van der Waals surface area contributed by atoms with Crippen molar-refractivity contribution in [2.24, 2.45) is 5.92 Å². The van der Waals surface area contributed by atoms with E-state index in [1.165, 1.54) is 19.3 Å². The standard InChI is InChI=1S/C11H20N2O2/c1-2-3-9-8-10(9)12-11(14)13-4-6-15-7-5-13/h9-10H,2-8H2,1H3,(H,12,14). The van der Waals surface area contributed by atoms with Gasteiger partial charge in [0, 0.05) is 19.1 Å². The molecule has 15 heavy (non-hydrogen) atoms. The quantitative estimate of drug-likeness (QED) is 0.764. The zero-order valence-electron chi connectivity index (χ0n) is 9.37. The maximum Gasteiger partial charge on any atom is 0.317 e. The fourth-order valence-corrected chi connectivity index (χ4v) is 2.13. The summed E-state index contributed by atoms with van der Waals surface area (Å²) in [6, 6.07) is 0.544. The zero-order valence-corrected chi connectivity index (χ0v) is 9.37. The molecule has 0 spiro atoms. The van der Waals surface area contributed by atoms with E-state index in [1.54, 1.807) is 0 Å². The smallest absolute Gasteiger partial charge is 0.317 e. The molecule has 1 N–H and O–H groups in total. The number of ether oxygens (including phenoxy) is 1. The summed E-state index contributed by atoms with van der Waals surface area (Å²) in [6.07, 6.45) is 3.63. The fourth-order valence-electron chi connectivity index (χ4n) is 2.13. The van der Waals surface area contributed by atoms with Crippen molar-refractivity contribution in [1.82, 2.24) is 10.2 Å². The first-order valence-corrected chi connectivity index (χ1v) is 5.94. The van der Waals surface area contributed by atoms with Gasteiger partial charge in [-0.1, -0.05) is 13.3 Å². The molecule has 1 aliphatic carbocycles. The fraction of sp³-hybridized carbons (Fsp3) is 0.909. The number of carbonyl (C=O) groups excluding carboxylic acids is 1. The predicted molar refractivity (Wildman–Crippen MR) is 57.7 cm³/mol. The molecule has 0 aromatic rings. The van der Waals surface area contributed by atoms with Gasteiger partial charge in [0.25, 0.3) is 0 Å². The van der Waals surface area contributed by atoms with E-state index in [2.05, 4.69) is 12.2 Å². The Hall–Kier alpha value is -0.770. The largest absolute Gasteiger partial charge is 0.378 e. The average Bonchev–Trinajstić information content (AvgIpc) is 2.98. The van der Waals surface area contributed by atoms with Gasteiger partial charge in [-0.15, -0.1) is 0 Å². The Morgan fingerprint density at radius 2 is 2.20 bits per heavy atom. The minimum atomic E-state index is 0.0990. The van der Waals surface area contributed by atoms with Gasteiger partial charge in [-0.3, -0.25) is 0 Å². The van der Waals surface area contributed by atoms with Gasteiger partial charge >= 0.3 is 6.03 Å². The van der Waals surface area contributed by atoms with Gasteiger partial charge in [0.1, 0.15) is 0 Å². The second-order valence-electron chi connectivity index (χ2n) is 4.44. The number of hydrogen-bond donors (Lipinski definition) is 1. The number of nitrogens with zero attached hydrogens (tertiary/aromatic N) is 1. The summed E-state index contributed by atoms with van der Waals surface area (Å²) in [7, 11) is 0. The van der Waals surface area contributed by atoms with E-state index in [-0.39, 0.29) is 6.03 Å². The summed E-state index contributed by atoms with van der Waals surface area (Å²) in [4.78, 5) is 13.6. The lowest BCUT2D eigenvalue weighted by Crippen LogP contribution is -2.47. The van der Waals surface area contributed by atoms with Gasteiger partial charge in [-0.25, -0.2) is 4.79 Å². The Kier molecular flexibility index (Phi) is 3.46. The van der Waals surface area contributed by atoms with Crippen molar-refractivity contribution >= 4 is 6.03 Å². The summed E-state index contributed by atoms with van der Waals surface area (Å²) in [5.41, 5.74) is 0. The van der Waals surface area contributed by atoms with Crippen molar-refractivity contribution in [2.75, 3.05) is 26.3 Å². The average molecular weight is 212 g/mol. The topological polar surface area (TPSA) is 41.6 Å². The molecule has 86 valence electrons. The van der Waals surface area contributed by atoms with Gasteiger partial charge < -0.3 is 15.0 Å². The van der Waals surface area contributed by atoms with Crippen molar-refractivity contribution in [3.05, 3.63) is 0 Å². The van der Waals surface area contributed by atoms with E-state index in [0.29, 0.717) is 19.3 Å². The number of morpholine rings is 1. The highest BCUT2D eigenvalue weighted by molar-refractivity contribution is 5.75. The third kappa shape index (κ3) is 2.84. The molecule has 4 nitrogen and oxygen atoms in total. The first kappa shape index (κ1) is 10.7. The highest BCUT2D eigenvalue weighted by Gasteiger charge is 2.38. The Morgan fingerprint density at radius 1 is 1.47 bits per heavy atom. The maximum absolute atomic E-state index is 11.8. The normalized spacial score (nSPS) is 30.1. The Balaban J connectivity index is 1.68. The van der Waals surface area contributed by atoms with Crippen molar-refractivity contribution in [1.29, 1.82) is 0 Å². The van der Waals surface area contributed by atoms with Crippen LogP contribution in [0.1, 0.15) is 26.2 Å². The van der Waals surface area contributed by atoms with Crippen molar-refractivity contribution in [3.63, 3.8) is 0 Å². The number of nitrogens with one attached hydrogen (secondary N) is 1. The second kappa shape index (κ2) is 4.84. The van der Waals surface area contributed by atoms with Crippen molar-refractivity contribution in [2.45, 2.75) is 32.2 Å². The summed E-state index contributed by atoms with van der Waals surface area (Å²) >= 11 is 0. The number of hydrogen-bond acceptors (Lipinski definition) is 2. The third-order valence-corrected chi connectivity index (χ3v) is 3.19. The first-order chi connectivity index (χ1) is 7.31. The lowest BCUT2D eigenvalue weighted by atomic mass is 10.2. The molecule has 0 aromatic heterocycles. The van der Waals surface area contributed by atoms with Crippen LogP contribution >= 0.6 is 0 Å². The van der Waals surface area contributed by atoms with Crippen LogP contribution in [0.2, 0.25) is 0 Å². The van der Waals surface area contributed by atoms with Crippen LogP contribution in [-0.2, 0) is 4.74 Å². The molecule has 0 radical (unpaired) electrons. The predicted octanol–water partition coefficient (Wildman–Crippen LogP) is 1.22. The van der Waals surface area contributed by atoms with Crippen LogP contribution < -0.4 is 5.32 Å². The first-order valence-electron chi connectivity index (χ1n) is 5.94. The van der Waals surface area contributed by atoms with Crippen LogP contribution in [-0.4, -0.2) is 43.3 Å². The summed E-state index contributed by atoms with van der Waals surface area (Å²) in [5.74, 6) is 0.736. The van der Waals surface area contributed by atoms with E-state index >= 15 is 0 Å². The minimum absolute atomic E-state index is 0.0990. The van der Waals surface area contributed by atoms with Crippen LogP contribution in [0, 0.1) is 5.92 Å². The van der Waals surface area contributed by atoms with Gasteiger partial charge in [0.15, 0.2) is 0 Å². The van der Waals surface area contributed by atoms with E-state index in [4.69, 9.17) is 4.74 Å². The number of amides is 2. The molecule has 1 aliphatic heterocycles. The van der Waals surface area contributed by atoms with Crippen LogP contribution in [0.5, 0.6) is 0 Å². The van der Waals surface area contributed by atoms with Crippen molar-refractivity contribution in [3.8, 4) is 0 Å². The van der Waals surface area contributed by atoms with Crippen LogP contribution in [0.15, 0.2) is 0 Å². The number of carbonyl (C=O) groups is 1. The van der Waals surface area contributed by atoms with Crippen LogP contribution in [0.25, 0.3) is 0 Å². The molecular formula is C11H20N2O2. The van der Waals surface area contributed by atoms with E-state index in [1.807, 2.05) is 4.90 Å². The Bertz CT molecular complexity index is 227. The molecule has 2 amide bonds. The number of urea groups is 1. The lowest BCUT2D eigenvalue weighted by molar-refractivity contribution is 0.0530. The second-order valence-corrected chi connectivity index (χ2v) is 4.44. The Labute approximate surface area is 91.0 Å². The van der Waals surface area contributed by atoms with Gasteiger partial charge in [-0.05, 0) is 18.8 Å².